The summed E-state index contributed by atoms with van der Waals surface area (Å²) in [4.78, 5) is 37.1. The number of benzene rings is 1. The van der Waals surface area contributed by atoms with Gasteiger partial charge in [-0.05, 0) is 44.9 Å². The van der Waals surface area contributed by atoms with E-state index in [9.17, 15) is 19.5 Å². The second kappa shape index (κ2) is 8.21. The molecule has 1 aromatic carbocycles. The summed E-state index contributed by atoms with van der Waals surface area (Å²) in [5, 5.41) is 11.6. The summed E-state index contributed by atoms with van der Waals surface area (Å²) in [5.41, 5.74) is -0.335. The molecule has 7 nitrogen and oxygen atoms in total. The Bertz CT molecular complexity index is 1140. The van der Waals surface area contributed by atoms with Crippen LogP contribution in [0.2, 0.25) is 0 Å². The number of fused-ring (bicyclic) bond motifs is 3. The molecular formula is C24H28O7. The molecule has 3 rings (SSSR count). The Hall–Kier alpha value is -3.09. The molecular weight excluding hydrogens is 400 g/mol. The Morgan fingerprint density at radius 1 is 1.26 bits per heavy atom. The molecule has 2 atom stereocenters. The normalized spacial score (nSPS) is 16.3. The third-order valence-corrected chi connectivity index (χ3v) is 5.49. The van der Waals surface area contributed by atoms with Crippen LogP contribution >= 0.6 is 0 Å². The zero-order chi connectivity index (χ0) is 23.1. The Morgan fingerprint density at radius 3 is 2.55 bits per heavy atom. The molecule has 0 saturated carbocycles. The summed E-state index contributed by atoms with van der Waals surface area (Å²) < 4.78 is 16.8. The fourth-order valence-corrected chi connectivity index (χ4v) is 3.79. The number of carbonyl (C=O) groups is 2. The van der Waals surface area contributed by atoms with Gasteiger partial charge in [0, 0.05) is 13.0 Å². The molecule has 0 amide bonds. The number of aromatic hydroxyl groups is 1. The van der Waals surface area contributed by atoms with Crippen molar-refractivity contribution in [3.63, 3.8) is 0 Å². The Kier molecular flexibility index (Phi) is 5.98. The van der Waals surface area contributed by atoms with Crippen LogP contribution < -0.4 is 10.4 Å². The molecule has 2 heterocycles. The molecule has 7 heteroatoms. The van der Waals surface area contributed by atoms with Crippen LogP contribution in [0.5, 0.6) is 11.5 Å². The third-order valence-electron chi connectivity index (χ3n) is 5.49. The van der Waals surface area contributed by atoms with E-state index in [-0.39, 0.29) is 16.9 Å². The van der Waals surface area contributed by atoms with E-state index in [2.05, 4.69) is 0 Å². The number of hydrogen-bond donors (Lipinski definition) is 1. The van der Waals surface area contributed by atoms with Crippen molar-refractivity contribution in [2.24, 2.45) is 5.92 Å². The molecule has 31 heavy (non-hydrogen) atoms. The second-order valence-corrected chi connectivity index (χ2v) is 8.52. The Labute approximate surface area is 180 Å². The van der Waals surface area contributed by atoms with Crippen LogP contribution in [0.4, 0.5) is 0 Å². The molecule has 1 aliphatic heterocycles. The first kappa shape index (κ1) is 22.6. The van der Waals surface area contributed by atoms with E-state index in [4.69, 9.17) is 13.9 Å². The van der Waals surface area contributed by atoms with Gasteiger partial charge in [-0.15, -0.1) is 0 Å². The van der Waals surface area contributed by atoms with Crippen LogP contribution in [0.15, 0.2) is 21.4 Å². The number of rotatable bonds is 6. The van der Waals surface area contributed by atoms with Crippen molar-refractivity contribution in [2.75, 3.05) is 0 Å². The molecule has 0 aliphatic carbocycles. The first-order chi connectivity index (χ1) is 14.5. The van der Waals surface area contributed by atoms with E-state index in [0.29, 0.717) is 28.7 Å². The third kappa shape index (κ3) is 4.22. The lowest BCUT2D eigenvalue weighted by atomic mass is 9.88. The van der Waals surface area contributed by atoms with Crippen LogP contribution in [0.25, 0.3) is 17.0 Å². The molecule has 0 radical (unpaired) electrons. The number of aryl methyl sites for hydroxylation is 1. The van der Waals surface area contributed by atoms with Gasteiger partial charge in [0.2, 0.25) is 0 Å². The predicted molar refractivity (Wildman–Crippen MR) is 117 cm³/mol. The van der Waals surface area contributed by atoms with Crippen LogP contribution in [-0.2, 0) is 16.0 Å². The molecule has 0 fully saturated rings. The number of carbonyl (C=O) groups excluding carboxylic acids is 2. The van der Waals surface area contributed by atoms with Gasteiger partial charge < -0.3 is 19.0 Å². The Balaban J connectivity index is 2.35. The molecule has 1 aromatic heterocycles. The van der Waals surface area contributed by atoms with Gasteiger partial charge in [-0.1, -0.05) is 20.3 Å². The Morgan fingerprint density at radius 2 is 1.94 bits per heavy atom. The molecule has 0 spiro atoms. The summed E-state index contributed by atoms with van der Waals surface area (Å²) >= 11 is 0. The summed E-state index contributed by atoms with van der Waals surface area (Å²) in [6, 6.07) is 1.40. The minimum atomic E-state index is -0.777. The highest BCUT2D eigenvalue weighted by atomic mass is 16.5. The van der Waals surface area contributed by atoms with Crippen molar-refractivity contribution in [3.05, 3.63) is 39.3 Å². The summed E-state index contributed by atoms with van der Waals surface area (Å²) in [6.45, 7) is 10.2. The number of esters is 1. The largest absolute Gasteiger partial charge is 0.506 e. The van der Waals surface area contributed by atoms with Crippen LogP contribution in [0.1, 0.15) is 69.4 Å². The van der Waals surface area contributed by atoms with Gasteiger partial charge >= 0.3 is 11.6 Å². The molecule has 1 unspecified atom stereocenters. The first-order valence-electron chi connectivity index (χ1n) is 10.4. The zero-order valence-electron chi connectivity index (χ0n) is 18.7. The van der Waals surface area contributed by atoms with E-state index >= 15 is 0 Å². The number of ether oxygens (including phenoxy) is 2. The minimum Gasteiger partial charge on any atom is -0.506 e. The lowest BCUT2D eigenvalue weighted by Gasteiger charge is -2.30. The standard InChI is InChI=1S/C24H28O7/c1-7-8-15-11-17(26)30-23-18(15)22-16(9-10-24(5,6)31-22)21(28)19(23)20(27)12(2)13(3)29-14(4)25/h9-13,28H,7-8H2,1-6H3/t12-,13?/m0/s1. The number of phenols is 1. The number of Topliss-reactive ketones (excluding diaryl/α,β-unsaturated/α-hetero) is 1. The van der Waals surface area contributed by atoms with Crippen molar-refractivity contribution < 1.29 is 28.6 Å². The second-order valence-electron chi connectivity index (χ2n) is 8.52. The topological polar surface area (TPSA) is 103 Å². The lowest BCUT2D eigenvalue weighted by molar-refractivity contribution is -0.146. The number of phenolic OH excluding ortho intramolecular Hbond substituents is 1. The maximum Gasteiger partial charge on any atom is 0.336 e. The minimum absolute atomic E-state index is 0.00910. The van der Waals surface area contributed by atoms with Crippen molar-refractivity contribution >= 4 is 28.8 Å². The molecule has 166 valence electrons. The van der Waals surface area contributed by atoms with Crippen LogP contribution in [0, 0.1) is 5.92 Å². The van der Waals surface area contributed by atoms with Gasteiger partial charge in [0.1, 0.15) is 28.8 Å². The van der Waals surface area contributed by atoms with Gasteiger partial charge in [-0.2, -0.15) is 0 Å². The van der Waals surface area contributed by atoms with E-state index in [1.165, 1.54) is 13.0 Å². The van der Waals surface area contributed by atoms with E-state index in [1.54, 1.807) is 26.0 Å². The van der Waals surface area contributed by atoms with Gasteiger partial charge in [0.05, 0.1) is 16.9 Å². The molecule has 1 N–H and O–H groups in total. The summed E-state index contributed by atoms with van der Waals surface area (Å²) in [7, 11) is 0. The fraction of sp³-hybridized carbons (Fsp3) is 0.458. The van der Waals surface area contributed by atoms with Gasteiger partial charge in [-0.25, -0.2) is 4.79 Å². The predicted octanol–water partition coefficient (Wildman–Crippen LogP) is 4.41. The average Bonchev–Trinajstić information content (AvgIpc) is 2.65. The van der Waals surface area contributed by atoms with E-state index < -0.39 is 35.0 Å². The molecule has 0 bridgehead atoms. The zero-order valence-corrected chi connectivity index (χ0v) is 18.7. The number of ketones is 1. The maximum absolute atomic E-state index is 13.4. The highest BCUT2D eigenvalue weighted by molar-refractivity contribution is 6.13. The summed E-state index contributed by atoms with van der Waals surface area (Å²) in [6.07, 6.45) is 4.10. The SMILES string of the molecule is CCCc1cc(=O)oc2c(C(=O)[C@@H](C)C(C)OC(C)=O)c(O)c3c(c12)OC(C)(C)C=C3. The monoisotopic (exact) mass is 428 g/mol. The lowest BCUT2D eigenvalue weighted by Crippen LogP contribution is -2.29. The van der Waals surface area contributed by atoms with Crippen molar-refractivity contribution in [1.82, 2.24) is 0 Å². The van der Waals surface area contributed by atoms with Crippen molar-refractivity contribution in [3.8, 4) is 11.5 Å². The first-order valence-corrected chi connectivity index (χ1v) is 10.4. The summed E-state index contributed by atoms with van der Waals surface area (Å²) in [5.74, 6) is -1.72. The van der Waals surface area contributed by atoms with E-state index in [1.807, 2.05) is 20.8 Å². The van der Waals surface area contributed by atoms with Crippen molar-refractivity contribution in [1.29, 1.82) is 0 Å². The van der Waals surface area contributed by atoms with Gasteiger partial charge in [0.15, 0.2) is 11.4 Å². The van der Waals surface area contributed by atoms with Crippen LogP contribution in [0.3, 0.4) is 0 Å². The fourth-order valence-electron chi connectivity index (χ4n) is 3.79. The molecule has 2 aromatic rings. The van der Waals surface area contributed by atoms with E-state index in [0.717, 1.165) is 6.42 Å². The highest BCUT2D eigenvalue weighted by Gasteiger charge is 2.35. The smallest absolute Gasteiger partial charge is 0.336 e. The highest BCUT2D eigenvalue weighted by Crippen LogP contribution is 2.46. The van der Waals surface area contributed by atoms with Crippen molar-refractivity contribution in [2.45, 2.75) is 66.1 Å². The maximum atomic E-state index is 13.4. The number of hydrogen-bond acceptors (Lipinski definition) is 7. The van der Waals surface area contributed by atoms with Gasteiger partial charge in [0.25, 0.3) is 0 Å². The van der Waals surface area contributed by atoms with Crippen LogP contribution in [-0.4, -0.2) is 28.6 Å². The quantitative estimate of drug-likeness (QED) is 0.413. The molecule has 0 saturated heterocycles. The molecule has 1 aliphatic rings. The van der Waals surface area contributed by atoms with Gasteiger partial charge in [-0.3, -0.25) is 9.59 Å². The average molecular weight is 428 g/mol.